The van der Waals surface area contributed by atoms with Gasteiger partial charge in [0.1, 0.15) is 5.82 Å². The zero-order valence-corrected chi connectivity index (χ0v) is 10.6. The van der Waals surface area contributed by atoms with E-state index in [-0.39, 0.29) is 11.7 Å². The molecule has 0 bridgehead atoms. The lowest BCUT2D eigenvalue weighted by Gasteiger charge is -2.17. The van der Waals surface area contributed by atoms with E-state index in [1.165, 1.54) is 31.7 Å². The molecule has 3 heteroatoms. The monoisotopic (exact) mass is 247 g/mol. The van der Waals surface area contributed by atoms with Crippen LogP contribution in [0.3, 0.4) is 0 Å². The lowest BCUT2D eigenvalue weighted by molar-refractivity contribution is 0.0926. The van der Waals surface area contributed by atoms with E-state index in [9.17, 15) is 9.18 Å². The second-order valence-electron chi connectivity index (χ2n) is 5.64. The van der Waals surface area contributed by atoms with Crippen molar-refractivity contribution in [1.29, 1.82) is 0 Å². The molecule has 0 saturated heterocycles. The van der Waals surface area contributed by atoms with Crippen LogP contribution in [0.15, 0.2) is 18.2 Å². The van der Waals surface area contributed by atoms with Gasteiger partial charge in [-0.15, -0.1) is 0 Å². The molecule has 1 aromatic carbocycles. The van der Waals surface area contributed by atoms with Crippen LogP contribution < -0.4 is 5.32 Å². The molecule has 96 valence electrons. The van der Waals surface area contributed by atoms with Gasteiger partial charge in [0, 0.05) is 11.6 Å². The third-order valence-electron chi connectivity index (χ3n) is 3.98. The average molecular weight is 247 g/mol. The van der Waals surface area contributed by atoms with Gasteiger partial charge in [0.2, 0.25) is 0 Å². The summed E-state index contributed by atoms with van der Waals surface area (Å²) in [5, 5.41) is 3.14. The molecular formula is C15H18FNO. The third-order valence-corrected chi connectivity index (χ3v) is 3.98. The first kappa shape index (κ1) is 11.7. The Morgan fingerprint density at radius 3 is 2.39 bits per heavy atom. The van der Waals surface area contributed by atoms with Gasteiger partial charge in [-0.1, -0.05) is 0 Å². The Labute approximate surface area is 107 Å². The molecule has 0 atom stereocenters. The van der Waals surface area contributed by atoms with E-state index in [0.29, 0.717) is 29.0 Å². The Bertz CT molecular complexity index is 465. The van der Waals surface area contributed by atoms with Crippen molar-refractivity contribution in [3.8, 4) is 0 Å². The predicted molar refractivity (Wildman–Crippen MR) is 67.8 cm³/mol. The molecule has 2 aliphatic carbocycles. The third kappa shape index (κ3) is 2.40. The van der Waals surface area contributed by atoms with Crippen LogP contribution in [0.2, 0.25) is 0 Å². The van der Waals surface area contributed by atoms with Crippen molar-refractivity contribution in [3.63, 3.8) is 0 Å². The zero-order valence-electron chi connectivity index (χ0n) is 10.6. The first-order chi connectivity index (χ1) is 8.65. The lowest BCUT2D eigenvalue weighted by atomic mass is 10.1. The van der Waals surface area contributed by atoms with Crippen LogP contribution in [-0.4, -0.2) is 11.9 Å². The summed E-state index contributed by atoms with van der Waals surface area (Å²) in [4.78, 5) is 12.1. The van der Waals surface area contributed by atoms with E-state index in [2.05, 4.69) is 5.32 Å². The predicted octanol–water partition coefficient (Wildman–Crippen LogP) is 3.05. The van der Waals surface area contributed by atoms with Crippen molar-refractivity contribution in [2.75, 3.05) is 0 Å². The van der Waals surface area contributed by atoms with E-state index in [1.54, 1.807) is 19.1 Å². The van der Waals surface area contributed by atoms with Crippen molar-refractivity contribution in [2.45, 2.75) is 38.6 Å². The summed E-state index contributed by atoms with van der Waals surface area (Å²) in [5.74, 6) is 1.06. The zero-order chi connectivity index (χ0) is 12.7. The maximum Gasteiger partial charge on any atom is 0.251 e. The number of amides is 1. The highest BCUT2D eigenvalue weighted by Gasteiger charge is 2.42. The standard InChI is InChI=1S/C15H18FNO/c1-9-8-12(6-7-13(9)16)15(18)17-14(10-2-3-10)11-4-5-11/h6-8,10-11,14H,2-5H2,1H3,(H,17,18). The van der Waals surface area contributed by atoms with Crippen LogP contribution in [0.5, 0.6) is 0 Å². The molecule has 1 N–H and O–H groups in total. The Hall–Kier alpha value is -1.38. The number of carbonyl (C=O) groups excluding carboxylic acids is 1. The second kappa shape index (κ2) is 4.38. The number of nitrogens with one attached hydrogen (secondary N) is 1. The SMILES string of the molecule is Cc1cc(C(=O)NC(C2CC2)C2CC2)ccc1F. The summed E-state index contributed by atoms with van der Waals surface area (Å²) < 4.78 is 13.2. The molecule has 2 nitrogen and oxygen atoms in total. The van der Waals surface area contributed by atoms with Crippen LogP contribution in [0, 0.1) is 24.6 Å². The van der Waals surface area contributed by atoms with Gasteiger partial charge in [-0.05, 0) is 68.2 Å². The molecule has 0 radical (unpaired) electrons. The number of aryl methyl sites for hydroxylation is 1. The topological polar surface area (TPSA) is 29.1 Å². The molecule has 0 heterocycles. The minimum atomic E-state index is -0.257. The smallest absolute Gasteiger partial charge is 0.251 e. The molecule has 0 aliphatic heterocycles. The second-order valence-corrected chi connectivity index (χ2v) is 5.64. The highest BCUT2D eigenvalue weighted by molar-refractivity contribution is 5.94. The molecule has 2 aliphatic rings. The minimum Gasteiger partial charge on any atom is -0.349 e. The number of hydrogen-bond acceptors (Lipinski definition) is 1. The van der Waals surface area contributed by atoms with Crippen molar-refractivity contribution < 1.29 is 9.18 Å². The largest absolute Gasteiger partial charge is 0.349 e. The van der Waals surface area contributed by atoms with E-state index in [0.717, 1.165) is 0 Å². The Balaban J connectivity index is 1.71. The summed E-state index contributed by atoms with van der Waals surface area (Å²) >= 11 is 0. The van der Waals surface area contributed by atoms with Crippen LogP contribution in [0.1, 0.15) is 41.6 Å². The highest BCUT2D eigenvalue weighted by atomic mass is 19.1. The number of carbonyl (C=O) groups is 1. The minimum absolute atomic E-state index is 0.0538. The Morgan fingerprint density at radius 1 is 1.28 bits per heavy atom. The Morgan fingerprint density at radius 2 is 1.89 bits per heavy atom. The van der Waals surface area contributed by atoms with E-state index >= 15 is 0 Å². The molecule has 2 fully saturated rings. The van der Waals surface area contributed by atoms with E-state index in [4.69, 9.17) is 0 Å². The summed E-state index contributed by atoms with van der Waals surface area (Å²) in [7, 11) is 0. The molecule has 0 unspecified atom stereocenters. The van der Waals surface area contributed by atoms with E-state index in [1.807, 2.05) is 0 Å². The maximum absolute atomic E-state index is 13.2. The van der Waals surface area contributed by atoms with Gasteiger partial charge >= 0.3 is 0 Å². The molecule has 1 amide bonds. The fourth-order valence-electron chi connectivity index (χ4n) is 2.55. The van der Waals surface area contributed by atoms with Gasteiger partial charge in [0.25, 0.3) is 5.91 Å². The number of halogens is 1. The van der Waals surface area contributed by atoms with Crippen LogP contribution >= 0.6 is 0 Å². The summed E-state index contributed by atoms with van der Waals surface area (Å²) in [6.45, 7) is 1.69. The Kier molecular flexibility index (Phi) is 2.84. The van der Waals surface area contributed by atoms with Crippen LogP contribution in [0.25, 0.3) is 0 Å². The first-order valence-corrected chi connectivity index (χ1v) is 6.72. The fraction of sp³-hybridized carbons (Fsp3) is 0.533. The van der Waals surface area contributed by atoms with Gasteiger partial charge in [-0.25, -0.2) is 4.39 Å². The van der Waals surface area contributed by atoms with Gasteiger partial charge in [-0.2, -0.15) is 0 Å². The number of rotatable bonds is 4. The first-order valence-electron chi connectivity index (χ1n) is 6.72. The molecule has 18 heavy (non-hydrogen) atoms. The fourth-order valence-corrected chi connectivity index (χ4v) is 2.55. The van der Waals surface area contributed by atoms with Crippen molar-refractivity contribution in [1.82, 2.24) is 5.32 Å². The van der Waals surface area contributed by atoms with Gasteiger partial charge in [0.15, 0.2) is 0 Å². The van der Waals surface area contributed by atoms with E-state index < -0.39 is 0 Å². The normalized spacial score (nSPS) is 19.1. The van der Waals surface area contributed by atoms with Gasteiger partial charge < -0.3 is 5.32 Å². The van der Waals surface area contributed by atoms with Crippen LogP contribution in [-0.2, 0) is 0 Å². The summed E-state index contributed by atoms with van der Waals surface area (Å²) in [6.07, 6.45) is 4.96. The van der Waals surface area contributed by atoms with Crippen molar-refractivity contribution >= 4 is 5.91 Å². The molecule has 2 saturated carbocycles. The highest BCUT2D eigenvalue weighted by Crippen LogP contribution is 2.44. The average Bonchev–Trinajstić information content (AvgIpc) is 3.22. The molecular weight excluding hydrogens is 229 g/mol. The van der Waals surface area contributed by atoms with Crippen LogP contribution in [0.4, 0.5) is 4.39 Å². The van der Waals surface area contributed by atoms with Gasteiger partial charge in [0.05, 0.1) is 0 Å². The number of benzene rings is 1. The quantitative estimate of drug-likeness (QED) is 0.870. The molecule has 1 aromatic rings. The summed E-state index contributed by atoms with van der Waals surface area (Å²) in [5.41, 5.74) is 1.09. The van der Waals surface area contributed by atoms with Crippen molar-refractivity contribution in [3.05, 3.63) is 35.1 Å². The van der Waals surface area contributed by atoms with Gasteiger partial charge in [-0.3, -0.25) is 4.79 Å². The number of hydrogen-bond donors (Lipinski definition) is 1. The van der Waals surface area contributed by atoms with Crippen molar-refractivity contribution in [2.24, 2.45) is 11.8 Å². The summed E-state index contributed by atoms with van der Waals surface area (Å²) in [6, 6.07) is 4.91. The maximum atomic E-state index is 13.2. The lowest BCUT2D eigenvalue weighted by Crippen LogP contribution is -2.38. The molecule has 0 aromatic heterocycles. The molecule has 0 spiro atoms. The molecule has 3 rings (SSSR count).